The smallest absolute Gasteiger partial charge is 0.306 e. The van der Waals surface area contributed by atoms with E-state index in [1.165, 1.54) is 116 Å². The van der Waals surface area contributed by atoms with Crippen molar-refractivity contribution >= 4 is 11.9 Å². The van der Waals surface area contributed by atoms with Gasteiger partial charge in [0.2, 0.25) is 5.91 Å². The van der Waals surface area contributed by atoms with Crippen LogP contribution in [-0.2, 0) is 14.3 Å². The number of esters is 1. The molecule has 0 rings (SSSR count). The highest BCUT2D eigenvalue weighted by Crippen LogP contribution is 2.17. The molecule has 1 amide bonds. The number of hydrogen-bond donors (Lipinski definition) is 3. The minimum absolute atomic E-state index is 0.0247. The summed E-state index contributed by atoms with van der Waals surface area (Å²) >= 11 is 0. The summed E-state index contributed by atoms with van der Waals surface area (Å²) in [4.78, 5) is 26.2. The monoisotopic (exact) mass is 918 g/mol. The zero-order valence-corrected chi connectivity index (χ0v) is 43.0. The number of ether oxygens (including phenoxy) is 1. The zero-order valence-electron chi connectivity index (χ0n) is 43.0. The number of aliphatic hydroxyl groups is 2. The lowest BCUT2D eigenvalue weighted by atomic mass is 10.0. The topological polar surface area (TPSA) is 95.9 Å². The average Bonchev–Trinajstić information content (AvgIpc) is 3.31. The van der Waals surface area contributed by atoms with E-state index in [9.17, 15) is 19.8 Å². The van der Waals surface area contributed by atoms with Gasteiger partial charge >= 0.3 is 5.97 Å². The number of hydrogen-bond acceptors (Lipinski definition) is 5. The first-order valence-electron chi connectivity index (χ1n) is 27.5. The van der Waals surface area contributed by atoms with Gasteiger partial charge in [0.05, 0.1) is 25.2 Å². The molecule has 0 aliphatic heterocycles. The number of aliphatic hydroxyl groups excluding tert-OH is 2. The number of nitrogens with one attached hydrogen (secondary N) is 1. The molecule has 3 unspecified atom stereocenters. The molecule has 0 fully saturated rings. The van der Waals surface area contributed by atoms with Crippen molar-refractivity contribution in [2.24, 2.45) is 0 Å². The molecule has 0 radical (unpaired) electrons. The van der Waals surface area contributed by atoms with Crippen molar-refractivity contribution in [2.45, 2.75) is 264 Å². The summed E-state index contributed by atoms with van der Waals surface area (Å²) in [5, 5.41) is 23.8. The highest BCUT2D eigenvalue weighted by Gasteiger charge is 2.24. The molecule has 3 N–H and O–H groups in total. The van der Waals surface area contributed by atoms with Crippen molar-refractivity contribution in [3.63, 3.8) is 0 Å². The van der Waals surface area contributed by atoms with E-state index in [2.05, 4.69) is 92.9 Å². The number of rotatable bonds is 48. The minimum Gasteiger partial charge on any atom is -0.462 e. The number of amides is 1. The fourth-order valence-electron chi connectivity index (χ4n) is 7.85. The molecule has 0 aromatic heterocycles. The lowest BCUT2D eigenvalue weighted by molar-refractivity contribution is -0.151. The molecule has 0 heterocycles. The lowest BCUT2D eigenvalue weighted by Gasteiger charge is -2.24. The number of carbonyl (C=O) groups is 2. The molecular weight excluding hydrogens is 815 g/mol. The van der Waals surface area contributed by atoms with Crippen LogP contribution < -0.4 is 5.32 Å². The Morgan fingerprint density at radius 2 is 0.879 bits per heavy atom. The first-order chi connectivity index (χ1) is 32.5. The predicted octanol–water partition coefficient (Wildman–Crippen LogP) is 16.9. The molecule has 66 heavy (non-hydrogen) atoms. The van der Waals surface area contributed by atoms with Gasteiger partial charge in [-0.1, -0.05) is 246 Å². The Morgan fingerprint density at radius 3 is 1.41 bits per heavy atom. The van der Waals surface area contributed by atoms with Gasteiger partial charge < -0.3 is 20.3 Å². The molecule has 6 heteroatoms. The Hall–Kier alpha value is -3.22. The molecule has 0 aromatic rings. The number of allylic oxidation sites excluding steroid dienone is 16. The Bertz CT molecular complexity index is 1310. The van der Waals surface area contributed by atoms with Crippen LogP contribution in [0.4, 0.5) is 0 Å². The average molecular weight is 918 g/mol. The summed E-state index contributed by atoms with van der Waals surface area (Å²) in [5.74, 6) is -0.585. The van der Waals surface area contributed by atoms with E-state index in [0.29, 0.717) is 25.7 Å². The van der Waals surface area contributed by atoms with Crippen LogP contribution in [-0.4, -0.2) is 46.9 Å². The van der Waals surface area contributed by atoms with Crippen LogP contribution in [0.1, 0.15) is 245 Å². The van der Waals surface area contributed by atoms with Gasteiger partial charge in [0, 0.05) is 6.42 Å². The van der Waals surface area contributed by atoms with E-state index in [-0.39, 0.29) is 24.9 Å². The van der Waals surface area contributed by atoms with Crippen molar-refractivity contribution in [3.8, 4) is 0 Å². The molecule has 0 aromatic carbocycles. The van der Waals surface area contributed by atoms with Crippen LogP contribution in [0, 0.1) is 0 Å². The van der Waals surface area contributed by atoms with Crippen molar-refractivity contribution in [2.75, 3.05) is 6.61 Å². The molecule has 0 bridgehead atoms. The van der Waals surface area contributed by atoms with Gasteiger partial charge in [-0.25, -0.2) is 0 Å². The number of unbranched alkanes of at least 4 members (excludes halogenated alkanes) is 23. The van der Waals surface area contributed by atoms with Gasteiger partial charge in [0.15, 0.2) is 0 Å². The molecule has 0 saturated carbocycles. The van der Waals surface area contributed by atoms with Gasteiger partial charge in [0.1, 0.15) is 6.10 Å². The minimum atomic E-state index is -0.814. The third kappa shape index (κ3) is 47.3. The third-order valence-electron chi connectivity index (χ3n) is 12.0. The highest BCUT2D eigenvalue weighted by molar-refractivity contribution is 5.77. The quantitative estimate of drug-likeness (QED) is 0.0245. The second-order valence-electron chi connectivity index (χ2n) is 18.3. The van der Waals surface area contributed by atoms with Crippen LogP contribution in [0.5, 0.6) is 0 Å². The van der Waals surface area contributed by atoms with Crippen molar-refractivity contribution < 1.29 is 24.5 Å². The van der Waals surface area contributed by atoms with Crippen LogP contribution >= 0.6 is 0 Å². The van der Waals surface area contributed by atoms with Crippen LogP contribution in [0.25, 0.3) is 0 Å². The summed E-state index contributed by atoms with van der Waals surface area (Å²) in [7, 11) is 0. The summed E-state index contributed by atoms with van der Waals surface area (Å²) < 4.78 is 5.89. The van der Waals surface area contributed by atoms with E-state index in [0.717, 1.165) is 77.0 Å². The molecule has 6 nitrogen and oxygen atoms in total. The van der Waals surface area contributed by atoms with Gasteiger partial charge in [-0.05, 0) is 83.5 Å². The molecule has 3 atom stereocenters. The summed E-state index contributed by atoms with van der Waals surface area (Å²) in [6.07, 6.45) is 70.4. The lowest BCUT2D eigenvalue weighted by Crippen LogP contribution is -2.46. The maximum Gasteiger partial charge on any atom is 0.306 e. The molecule has 0 spiro atoms. The maximum absolute atomic E-state index is 13.2. The van der Waals surface area contributed by atoms with Crippen LogP contribution in [0.15, 0.2) is 97.2 Å². The van der Waals surface area contributed by atoms with E-state index in [4.69, 9.17) is 4.74 Å². The fourth-order valence-corrected chi connectivity index (χ4v) is 7.85. The Labute approximate surface area is 407 Å². The molecule has 378 valence electrons. The molecule has 0 saturated heterocycles. The number of carbonyl (C=O) groups excluding carboxylic acids is 2. The van der Waals surface area contributed by atoms with Gasteiger partial charge in [-0.3, -0.25) is 9.59 Å². The SMILES string of the molecule is CC/C=C/C=C/C=C/C=C\CCCCCC(CC(=O)NC(CO)C(O)CCCCCCCCCCCCCCCCCCC)OC(=O)CCC/C=C\C/C=C\C/C=C\C/C=C\CCCCC. The van der Waals surface area contributed by atoms with E-state index in [1.54, 1.807) is 0 Å². The highest BCUT2D eigenvalue weighted by atomic mass is 16.5. The Balaban J connectivity index is 4.66. The van der Waals surface area contributed by atoms with Gasteiger partial charge in [-0.15, -0.1) is 0 Å². The first kappa shape index (κ1) is 62.8. The largest absolute Gasteiger partial charge is 0.462 e. The zero-order chi connectivity index (χ0) is 48.1. The normalized spacial score (nSPS) is 14.0. The summed E-state index contributed by atoms with van der Waals surface area (Å²) in [6.45, 7) is 6.30. The molecule has 0 aliphatic rings. The standard InChI is InChI=1S/C60H103NO5/c1-4-7-10-13-16-19-22-25-27-29-31-34-37-40-43-46-49-52-58(63)57(55-62)61-59(64)54-56(51-48-45-42-39-36-33-24-21-18-15-12-9-6-3)66-60(65)53-50-47-44-41-38-35-32-30-28-26-23-20-17-14-11-8-5-2/h9,12,15,17-18,20-21,24,26,28,32-33,35-36,41,44,56-58,62-63H,4-8,10-11,13-14,16,19,22-23,25,27,29-31,34,37-40,42-43,45-55H2,1-3H3,(H,61,64)/b12-9+,18-15+,20-17-,24-21+,28-26-,35-32-,36-33-,44-41-. The van der Waals surface area contributed by atoms with E-state index >= 15 is 0 Å². The maximum atomic E-state index is 13.2. The second kappa shape index (κ2) is 52.7. The van der Waals surface area contributed by atoms with Crippen molar-refractivity contribution in [3.05, 3.63) is 97.2 Å². The molecular formula is C60H103NO5. The first-order valence-corrected chi connectivity index (χ1v) is 27.5. The third-order valence-corrected chi connectivity index (χ3v) is 12.0. The summed E-state index contributed by atoms with van der Waals surface area (Å²) in [5.41, 5.74) is 0. The van der Waals surface area contributed by atoms with Crippen LogP contribution in [0.2, 0.25) is 0 Å². The van der Waals surface area contributed by atoms with E-state index < -0.39 is 18.2 Å². The van der Waals surface area contributed by atoms with Crippen molar-refractivity contribution in [1.29, 1.82) is 0 Å². The molecule has 0 aliphatic carbocycles. The fraction of sp³-hybridized carbons (Fsp3) is 0.700. The van der Waals surface area contributed by atoms with Gasteiger partial charge in [0.25, 0.3) is 0 Å². The van der Waals surface area contributed by atoms with Crippen molar-refractivity contribution in [1.82, 2.24) is 5.32 Å². The Kier molecular flexibility index (Phi) is 50.2. The van der Waals surface area contributed by atoms with Gasteiger partial charge in [-0.2, -0.15) is 0 Å². The predicted molar refractivity (Wildman–Crippen MR) is 287 cm³/mol. The Morgan fingerprint density at radius 1 is 0.470 bits per heavy atom. The summed E-state index contributed by atoms with van der Waals surface area (Å²) in [6, 6.07) is -0.732. The second-order valence-corrected chi connectivity index (χ2v) is 18.3. The van der Waals surface area contributed by atoms with Crippen LogP contribution in [0.3, 0.4) is 0 Å². The van der Waals surface area contributed by atoms with E-state index in [1.807, 2.05) is 30.4 Å².